The summed E-state index contributed by atoms with van der Waals surface area (Å²) in [5.74, 6) is -0.0901. The van der Waals surface area contributed by atoms with Crippen LogP contribution in [0.15, 0.2) is 12.5 Å². The Morgan fingerprint density at radius 1 is 1.57 bits per heavy atom. The molecule has 14 heavy (non-hydrogen) atoms. The molecule has 0 unspecified atom stereocenters. The summed E-state index contributed by atoms with van der Waals surface area (Å²) in [6.07, 6.45) is 3.05. The van der Waals surface area contributed by atoms with E-state index in [1.807, 2.05) is 0 Å². The summed E-state index contributed by atoms with van der Waals surface area (Å²) >= 11 is 8.00. The molecule has 0 aromatic carbocycles. The number of hydrogen-bond acceptors (Lipinski definition) is 3. The fraction of sp³-hybridized carbons (Fsp3) is 0.125. The highest BCUT2D eigenvalue weighted by atomic mass is 127. The highest BCUT2D eigenvalue weighted by Crippen LogP contribution is 2.26. The lowest BCUT2D eigenvalue weighted by molar-refractivity contribution is 0.0941. The van der Waals surface area contributed by atoms with Gasteiger partial charge < -0.3 is 0 Å². The highest BCUT2D eigenvalue weighted by Gasteiger charge is 2.13. The molecule has 0 saturated heterocycles. The molecule has 0 amide bonds. The van der Waals surface area contributed by atoms with Crippen molar-refractivity contribution in [1.82, 2.24) is 14.5 Å². The minimum Gasteiger partial charge on any atom is -0.274 e. The molecule has 0 N–H and O–H groups in total. The van der Waals surface area contributed by atoms with Crippen LogP contribution >= 0.6 is 34.2 Å². The second-order valence-corrected chi connectivity index (χ2v) is 4.25. The quantitative estimate of drug-likeness (QED) is 0.553. The largest absolute Gasteiger partial charge is 0.274 e. The van der Waals surface area contributed by atoms with Crippen LogP contribution in [0.5, 0.6) is 0 Å². The molecule has 0 fully saturated rings. The van der Waals surface area contributed by atoms with Gasteiger partial charge in [0.2, 0.25) is 5.91 Å². The third-order valence-electron chi connectivity index (χ3n) is 1.83. The predicted molar refractivity (Wildman–Crippen MR) is 61.6 cm³/mol. The highest BCUT2D eigenvalue weighted by molar-refractivity contribution is 14.1. The minimum absolute atomic E-state index is 0.0901. The number of carbonyl (C=O) groups is 1. The molecule has 0 atom stereocenters. The summed E-state index contributed by atoms with van der Waals surface area (Å²) in [7, 11) is 0. The van der Waals surface area contributed by atoms with Gasteiger partial charge in [-0.3, -0.25) is 9.36 Å². The Morgan fingerprint density at radius 3 is 2.93 bits per heavy atom. The third kappa shape index (κ3) is 1.40. The van der Waals surface area contributed by atoms with Gasteiger partial charge in [-0.15, -0.1) is 0 Å². The molecule has 0 aliphatic heterocycles. The summed E-state index contributed by atoms with van der Waals surface area (Å²) in [6, 6.07) is 0. The molecule has 0 aliphatic carbocycles. The van der Waals surface area contributed by atoms with Crippen LogP contribution in [-0.4, -0.2) is 20.4 Å². The first-order chi connectivity index (χ1) is 6.61. The molecular weight excluding hydrogens is 316 g/mol. The van der Waals surface area contributed by atoms with Gasteiger partial charge in [0.15, 0.2) is 5.65 Å². The monoisotopic (exact) mass is 321 g/mol. The smallest absolute Gasteiger partial charge is 0.229 e. The van der Waals surface area contributed by atoms with Gasteiger partial charge in [0.05, 0.1) is 5.39 Å². The van der Waals surface area contributed by atoms with Crippen LogP contribution in [0.3, 0.4) is 0 Å². The number of aromatic nitrogens is 3. The number of rotatable bonds is 0. The van der Waals surface area contributed by atoms with Crippen molar-refractivity contribution in [3.63, 3.8) is 0 Å². The van der Waals surface area contributed by atoms with Gasteiger partial charge in [-0.1, -0.05) is 11.6 Å². The van der Waals surface area contributed by atoms with E-state index in [-0.39, 0.29) is 5.91 Å². The van der Waals surface area contributed by atoms with Gasteiger partial charge in [0, 0.05) is 16.7 Å². The van der Waals surface area contributed by atoms with Crippen LogP contribution in [0.4, 0.5) is 0 Å². The van der Waals surface area contributed by atoms with Crippen LogP contribution in [-0.2, 0) is 0 Å². The van der Waals surface area contributed by atoms with Crippen LogP contribution in [0.25, 0.3) is 11.0 Å². The van der Waals surface area contributed by atoms with Crippen molar-refractivity contribution in [3.05, 3.63) is 21.2 Å². The standard InChI is InChI=1S/C8H5ClIN3O/c1-4(14)13-2-5(10)6-7(9)11-3-12-8(6)13/h2-3H,1H3. The summed E-state index contributed by atoms with van der Waals surface area (Å²) < 4.78 is 2.34. The molecule has 0 bridgehead atoms. The predicted octanol–water partition coefficient (Wildman–Crippen LogP) is 2.35. The zero-order chi connectivity index (χ0) is 10.3. The van der Waals surface area contributed by atoms with Crippen LogP contribution in [0.1, 0.15) is 11.7 Å². The molecule has 2 heterocycles. The van der Waals surface area contributed by atoms with Crippen molar-refractivity contribution >= 4 is 51.1 Å². The van der Waals surface area contributed by atoms with E-state index in [2.05, 4.69) is 32.6 Å². The number of hydrogen-bond donors (Lipinski definition) is 0. The first kappa shape index (κ1) is 9.85. The Balaban J connectivity index is 2.91. The van der Waals surface area contributed by atoms with Gasteiger partial charge in [0.1, 0.15) is 11.5 Å². The molecule has 2 rings (SSSR count). The second-order valence-electron chi connectivity index (χ2n) is 2.73. The first-order valence-corrected chi connectivity index (χ1v) is 5.25. The molecule has 2 aromatic heterocycles. The Hall–Kier alpha value is -0.690. The molecule has 0 radical (unpaired) electrons. The van der Waals surface area contributed by atoms with Crippen LogP contribution in [0.2, 0.25) is 5.15 Å². The van der Waals surface area contributed by atoms with E-state index in [0.717, 1.165) is 8.96 Å². The fourth-order valence-corrected chi connectivity index (χ4v) is 2.39. The van der Waals surface area contributed by atoms with E-state index in [1.165, 1.54) is 17.8 Å². The van der Waals surface area contributed by atoms with Crippen molar-refractivity contribution in [3.8, 4) is 0 Å². The average molecular weight is 322 g/mol. The molecule has 0 saturated carbocycles. The lowest BCUT2D eigenvalue weighted by Crippen LogP contribution is -2.04. The molecule has 0 aliphatic rings. The fourth-order valence-electron chi connectivity index (χ4n) is 1.22. The van der Waals surface area contributed by atoms with E-state index in [0.29, 0.717) is 10.8 Å². The lowest BCUT2D eigenvalue weighted by atomic mass is 10.4. The first-order valence-electron chi connectivity index (χ1n) is 3.79. The van der Waals surface area contributed by atoms with Gasteiger partial charge >= 0.3 is 0 Å². The van der Waals surface area contributed by atoms with Crippen molar-refractivity contribution in [2.24, 2.45) is 0 Å². The topological polar surface area (TPSA) is 47.8 Å². The molecule has 4 nitrogen and oxygen atoms in total. The minimum atomic E-state index is -0.0901. The molecule has 2 aromatic rings. The van der Waals surface area contributed by atoms with Crippen molar-refractivity contribution in [2.75, 3.05) is 0 Å². The summed E-state index contributed by atoms with van der Waals surface area (Å²) in [6.45, 7) is 1.48. The average Bonchev–Trinajstić information content (AvgIpc) is 2.45. The maximum Gasteiger partial charge on any atom is 0.229 e. The summed E-state index contributed by atoms with van der Waals surface area (Å²) in [4.78, 5) is 19.1. The van der Waals surface area contributed by atoms with Gasteiger partial charge in [-0.05, 0) is 22.6 Å². The molecule has 72 valence electrons. The number of halogens is 2. The molecule has 0 spiro atoms. The maximum absolute atomic E-state index is 11.2. The van der Waals surface area contributed by atoms with Gasteiger partial charge in [-0.25, -0.2) is 9.97 Å². The van der Waals surface area contributed by atoms with E-state index >= 15 is 0 Å². The zero-order valence-corrected chi connectivity index (χ0v) is 10.1. The number of carbonyl (C=O) groups excluding carboxylic acids is 1. The normalized spacial score (nSPS) is 10.8. The van der Waals surface area contributed by atoms with E-state index in [9.17, 15) is 4.79 Å². The number of fused-ring (bicyclic) bond motifs is 1. The van der Waals surface area contributed by atoms with Crippen molar-refractivity contribution in [1.29, 1.82) is 0 Å². The summed E-state index contributed by atoms with van der Waals surface area (Å²) in [5.41, 5.74) is 0.557. The lowest BCUT2D eigenvalue weighted by Gasteiger charge is -1.97. The van der Waals surface area contributed by atoms with Crippen LogP contribution in [0, 0.1) is 3.57 Å². The third-order valence-corrected chi connectivity index (χ3v) is 2.93. The summed E-state index contributed by atoms with van der Waals surface area (Å²) in [5, 5.41) is 1.10. The Morgan fingerprint density at radius 2 is 2.29 bits per heavy atom. The SMILES string of the molecule is CC(=O)n1cc(I)c2c(Cl)ncnc21. The van der Waals surface area contributed by atoms with Gasteiger partial charge in [-0.2, -0.15) is 0 Å². The van der Waals surface area contributed by atoms with Crippen molar-refractivity contribution in [2.45, 2.75) is 6.92 Å². The van der Waals surface area contributed by atoms with E-state index in [4.69, 9.17) is 11.6 Å². The van der Waals surface area contributed by atoms with Gasteiger partial charge in [0.25, 0.3) is 0 Å². The Labute approximate surface area is 98.4 Å². The molecular formula is C8H5ClIN3O. The van der Waals surface area contributed by atoms with Crippen molar-refractivity contribution < 1.29 is 4.79 Å². The number of nitrogens with zero attached hydrogens (tertiary/aromatic N) is 3. The van der Waals surface area contributed by atoms with E-state index < -0.39 is 0 Å². The zero-order valence-electron chi connectivity index (χ0n) is 7.16. The second kappa shape index (κ2) is 3.47. The Kier molecular flexibility index (Phi) is 2.44. The Bertz CT molecular complexity index is 523. The molecule has 6 heteroatoms. The van der Waals surface area contributed by atoms with E-state index in [1.54, 1.807) is 6.20 Å². The van der Waals surface area contributed by atoms with Crippen LogP contribution < -0.4 is 0 Å². The maximum atomic E-state index is 11.2.